The van der Waals surface area contributed by atoms with Gasteiger partial charge >= 0.3 is 0 Å². The Morgan fingerprint density at radius 1 is 1.42 bits per heavy atom. The lowest BCUT2D eigenvalue weighted by Gasteiger charge is -1.89. The lowest BCUT2D eigenvalue weighted by atomic mass is 10.5. The molecule has 58 valence electrons. The summed E-state index contributed by atoms with van der Waals surface area (Å²) in [6.45, 7) is 0. The van der Waals surface area contributed by atoms with Crippen molar-refractivity contribution in [1.29, 1.82) is 0 Å². The normalized spacial score (nSPS) is 11.3. The zero-order chi connectivity index (χ0) is 7.97. The van der Waals surface area contributed by atoms with Gasteiger partial charge in [-0.05, 0) is 11.4 Å². The minimum absolute atomic E-state index is 0.793. The minimum atomic E-state index is 0.793. The van der Waals surface area contributed by atoms with Crippen molar-refractivity contribution in [2.75, 3.05) is 0 Å². The highest BCUT2D eigenvalue weighted by molar-refractivity contribution is 7.17. The van der Waals surface area contributed by atoms with Crippen molar-refractivity contribution >= 4 is 27.2 Å². The zero-order valence-corrected chi connectivity index (χ0v) is 6.82. The van der Waals surface area contributed by atoms with Gasteiger partial charge in [-0.25, -0.2) is 9.50 Å². The molecule has 0 atom stereocenters. The van der Waals surface area contributed by atoms with Gasteiger partial charge in [0.05, 0.1) is 22.6 Å². The van der Waals surface area contributed by atoms with Gasteiger partial charge in [0.25, 0.3) is 0 Å². The van der Waals surface area contributed by atoms with Crippen LogP contribution in [0.15, 0.2) is 23.8 Å². The second-order valence-corrected chi connectivity index (χ2v) is 3.40. The summed E-state index contributed by atoms with van der Waals surface area (Å²) in [4.78, 5) is 4.35. The maximum absolute atomic E-state index is 4.35. The van der Waals surface area contributed by atoms with E-state index in [-0.39, 0.29) is 0 Å². The van der Waals surface area contributed by atoms with Crippen LogP contribution < -0.4 is 0 Å². The Morgan fingerprint density at radius 3 is 3.42 bits per heavy atom. The average molecular weight is 176 g/mol. The molecule has 0 aliphatic carbocycles. The van der Waals surface area contributed by atoms with Crippen molar-refractivity contribution in [2.24, 2.45) is 0 Å². The second-order valence-electron chi connectivity index (χ2n) is 2.45. The van der Waals surface area contributed by atoms with Crippen LogP contribution in [-0.2, 0) is 0 Å². The van der Waals surface area contributed by atoms with E-state index in [1.54, 1.807) is 22.0 Å². The molecule has 0 saturated heterocycles. The molecule has 3 heterocycles. The van der Waals surface area contributed by atoms with Gasteiger partial charge in [-0.15, -0.1) is 16.4 Å². The summed E-state index contributed by atoms with van der Waals surface area (Å²) in [7, 11) is 0. The fourth-order valence-corrected chi connectivity index (χ4v) is 1.89. The SMILES string of the molecule is c1cc2nc3cnnn3cc2s1. The van der Waals surface area contributed by atoms with Gasteiger partial charge in [-0.3, -0.25) is 0 Å². The fraction of sp³-hybridized carbons (Fsp3) is 0. The molecule has 12 heavy (non-hydrogen) atoms. The van der Waals surface area contributed by atoms with Crippen LogP contribution in [-0.4, -0.2) is 19.8 Å². The molecule has 3 aromatic rings. The van der Waals surface area contributed by atoms with Crippen LogP contribution in [0, 0.1) is 0 Å². The quantitative estimate of drug-likeness (QED) is 0.519. The highest BCUT2D eigenvalue weighted by Crippen LogP contribution is 2.18. The van der Waals surface area contributed by atoms with Crippen LogP contribution in [0.25, 0.3) is 15.9 Å². The number of rotatable bonds is 0. The van der Waals surface area contributed by atoms with Crippen molar-refractivity contribution in [3.05, 3.63) is 23.8 Å². The lowest BCUT2D eigenvalue weighted by molar-refractivity contribution is 0.854. The molecule has 0 fully saturated rings. The Balaban J connectivity index is 2.62. The van der Waals surface area contributed by atoms with Crippen LogP contribution in [0.2, 0.25) is 0 Å². The molecule has 0 saturated carbocycles. The molecule has 0 amide bonds. The number of aromatic nitrogens is 4. The van der Waals surface area contributed by atoms with Crippen molar-refractivity contribution in [3.63, 3.8) is 0 Å². The Labute approximate surface area is 71.5 Å². The molecular weight excluding hydrogens is 172 g/mol. The van der Waals surface area contributed by atoms with Crippen LogP contribution in [0.5, 0.6) is 0 Å². The third-order valence-corrected chi connectivity index (χ3v) is 2.54. The maximum atomic E-state index is 4.35. The van der Waals surface area contributed by atoms with E-state index >= 15 is 0 Å². The Morgan fingerprint density at radius 2 is 2.42 bits per heavy atom. The minimum Gasteiger partial charge on any atom is -0.226 e. The average Bonchev–Trinajstić information content (AvgIpc) is 2.64. The van der Waals surface area contributed by atoms with E-state index in [2.05, 4.69) is 15.3 Å². The predicted octanol–water partition coefficient (Wildman–Crippen LogP) is 1.34. The first-order chi connectivity index (χ1) is 5.93. The predicted molar refractivity (Wildman–Crippen MR) is 46.2 cm³/mol. The molecule has 4 nitrogen and oxygen atoms in total. The van der Waals surface area contributed by atoms with Crippen LogP contribution in [0.1, 0.15) is 0 Å². The van der Waals surface area contributed by atoms with E-state index in [0.717, 1.165) is 15.9 Å². The van der Waals surface area contributed by atoms with Crippen molar-refractivity contribution in [2.45, 2.75) is 0 Å². The first kappa shape index (κ1) is 6.07. The van der Waals surface area contributed by atoms with Crippen LogP contribution >= 0.6 is 11.3 Å². The van der Waals surface area contributed by atoms with Crippen molar-refractivity contribution < 1.29 is 0 Å². The van der Waals surface area contributed by atoms with Gasteiger partial charge < -0.3 is 0 Å². The van der Waals surface area contributed by atoms with Gasteiger partial charge in [0.1, 0.15) is 0 Å². The molecule has 3 aromatic heterocycles. The smallest absolute Gasteiger partial charge is 0.176 e. The fourth-order valence-electron chi connectivity index (χ4n) is 1.15. The Kier molecular flexibility index (Phi) is 1.02. The molecule has 3 rings (SSSR count). The Hall–Kier alpha value is -1.49. The molecule has 0 aromatic carbocycles. The third kappa shape index (κ3) is 0.683. The van der Waals surface area contributed by atoms with E-state index < -0.39 is 0 Å². The summed E-state index contributed by atoms with van der Waals surface area (Å²) in [5, 5.41) is 9.64. The van der Waals surface area contributed by atoms with Crippen molar-refractivity contribution in [1.82, 2.24) is 19.8 Å². The number of thiophene rings is 1. The number of hydrogen-bond acceptors (Lipinski definition) is 4. The molecule has 0 N–H and O–H groups in total. The first-order valence-corrected chi connectivity index (χ1v) is 4.36. The summed E-state index contributed by atoms with van der Waals surface area (Å²) in [5.41, 5.74) is 1.80. The number of nitrogens with zero attached hydrogens (tertiary/aromatic N) is 4. The first-order valence-electron chi connectivity index (χ1n) is 3.48. The lowest BCUT2D eigenvalue weighted by Crippen LogP contribution is -1.87. The molecule has 0 bridgehead atoms. The summed E-state index contributed by atoms with van der Waals surface area (Å²) >= 11 is 1.65. The van der Waals surface area contributed by atoms with E-state index in [1.807, 2.05) is 17.6 Å². The van der Waals surface area contributed by atoms with Gasteiger partial charge in [0.2, 0.25) is 0 Å². The largest absolute Gasteiger partial charge is 0.226 e. The molecule has 0 spiro atoms. The molecule has 0 unspecified atom stereocenters. The molecule has 0 radical (unpaired) electrons. The molecular formula is C7H4N4S. The summed E-state index contributed by atoms with van der Waals surface area (Å²) in [6, 6.07) is 1.99. The van der Waals surface area contributed by atoms with Gasteiger partial charge in [0.15, 0.2) is 5.65 Å². The summed E-state index contributed by atoms with van der Waals surface area (Å²) in [5.74, 6) is 0. The summed E-state index contributed by atoms with van der Waals surface area (Å²) < 4.78 is 2.81. The number of fused-ring (bicyclic) bond motifs is 2. The second kappa shape index (κ2) is 2.01. The van der Waals surface area contributed by atoms with Gasteiger partial charge in [-0.2, -0.15) is 0 Å². The zero-order valence-electron chi connectivity index (χ0n) is 6.01. The standard InChI is InChI=1S/C7H4N4S/c1-2-12-6-4-11-7(3-8-10-11)9-5(1)6/h1-4H. The highest BCUT2D eigenvalue weighted by Gasteiger charge is 2.00. The van der Waals surface area contributed by atoms with E-state index in [4.69, 9.17) is 0 Å². The van der Waals surface area contributed by atoms with Crippen LogP contribution in [0.3, 0.4) is 0 Å². The van der Waals surface area contributed by atoms with Gasteiger partial charge in [-0.1, -0.05) is 5.21 Å². The monoisotopic (exact) mass is 176 g/mol. The van der Waals surface area contributed by atoms with E-state index in [0.29, 0.717) is 0 Å². The van der Waals surface area contributed by atoms with E-state index in [1.165, 1.54) is 0 Å². The molecule has 0 aliphatic heterocycles. The van der Waals surface area contributed by atoms with Crippen molar-refractivity contribution in [3.8, 4) is 0 Å². The van der Waals surface area contributed by atoms with Gasteiger partial charge in [0, 0.05) is 0 Å². The third-order valence-electron chi connectivity index (χ3n) is 1.70. The van der Waals surface area contributed by atoms with Crippen LogP contribution in [0.4, 0.5) is 0 Å². The number of hydrogen-bond donors (Lipinski definition) is 0. The summed E-state index contributed by atoms with van der Waals surface area (Å²) in [6.07, 6.45) is 3.59. The molecule has 0 aliphatic rings. The van der Waals surface area contributed by atoms with E-state index in [9.17, 15) is 0 Å². The molecule has 5 heteroatoms. The maximum Gasteiger partial charge on any atom is 0.176 e. The highest BCUT2D eigenvalue weighted by atomic mass is 32.1. The Bertz CT molecular complexity index is 447. The topological polar surface area (TPSA) is 43.1 Å².